The number of aromatic amines is 1. The zero-order valence-corrected chi connectivity index (χ0v) is 11.0. The van der Waals surface area contributed by atoms with Crippen LogP contribution >= 0.6 is 11.6 Å². The molecule has 4 heteroatoms. The number of ketones is 1. The number of fused-ring (bicyclic) bond motifs is 1. The molecular weight excluding hydrogens is 260 g/mol. The SMILES string of the molecule is Cc1cc(Cl)ccc1C(=O)c1c[nH]c2ccncc12. The molecule has 0 atom stereocenters. The van der Waals surface area contributed by atoms with Gasteiger partial charge in [0.1, 0.15) is 0 Å². The summed E-state index contributed by atoms with van der Waals surface area (Å²) in [5.74, 6) is -0.0200. The van der Waals surface area contributed by atoms with E-state index in [4.69, 9.17) is 11.6 Å². The van der Waals surface area contributed by atoms with Gasteiger partial charge in [-0.25, -0.2) is 0 Å². The van der Waals surface area contributed by atoms with Gasteiger partial charge in [-0.05, 0) is 36.8 Å². The Labute approximate surface area is 115 Å². The Hall–Kier alpha value is -2.13. The molecule has 0 amide bonds. The Morgan fingerprint density at radius 1 is 1.26 bits per heavy atom. The topological polar surface area (TPSA) is 45.8 Å². The lowest BCUT2D eigenvalue weighted by Crippen LogP contribution is -2.02. The number of pyridine rings is 1. The summed E-state index contributed by atoms with van der Waals surface area (Å²) in [7, 11) is 0. The van der Waals surface area contributed by atoms with E-state index in [0.29, 0.717) is 16.1 Å². The van der Waals surface area contributed by atoms with E-state index in [1.165, 1.54) is 0 Å². The van der Waals surface area contributed by atoms with Crippen molar-refractivity contribution in [3.8, 4) is 0 Å². The highest BCUT2D eigenvalue weighted by atomic mass is 35.5. The lowest BCUT2D eigenvalue weighted by molar-refractivity contribution is 0.104. The molecule has 19 heavy (non-hydrogen) atoms. The third-order valence-corrected chi connectivity index (χ3v) is 3.40. The first-order valence-corrected chi connectivity index (χ1v) is 6.26. The van der Waals surface area contributed by atoms with Crippen molar-refractivity contribution in [1.29, 1.82) is 0 Å². The van der Waals surface area contributed by atoms with Crippen LogP contribution in [0.25, 0.3) is 10.9 Å². The third-order valence-electron chi connectivity index (χ3n) is 3.16. The minimum absolute atomic E-state index is 0.0200. The summed E-state index contributed by atoms with van der Waals surface area (Å²) < 4.78 is 0. The number of benzene rings is 1. The predicted octanol–water partition coefficient (Wildman–Crippen LogP) is 3.76. The van der Waals surface area contributed by atoms with Gasteiger partial charge in [-0.3, -0.25) is 9.78 Å². The Bertz CT molecular complexity index is 777. The highest BCUT2D eigenvalue weighted by Gasteiger charge is 2.16. The highest BCUT2D eigenvalue weighted by molar-refractivity contribution is 6.31. The Morgan fingerprint density at radius 2 is 2.11 bits per heavy atom. The van der Waals surface area contributed by atoms with Crippen molar-refractivity contribution in [2.75, 3.05) is 0 Å². The van der Waals surface area contributed by atoms with Crippen molar-refractivity contribution >= 4 is 28.3 Å². The van der Waals surface area contributed by atoms with Crippen LogP contribution in [0, 0.1) is 6.92 Å². The van der Waals surface area contributed by atoms with Gasteiger partial charge in [0.2, 0.25) is 0 Å². The van der Waals surface area contributed by atoms with Crippen molar-refractivity contribution in [2.24, 2.45) is 0 Å². The molecule has 0 aliphatic rings. The molecule has 94 valence electrons. The normalized spacial score (nSPS) is 10.8. The molecule has 0 fully saturated rings. The number of carbonyl (C=O) groups excluding carboxylic acids is 1. The summed E-state index contributed by atoms with van der Waals surface area (Å²) in [6.07, 6.45) is 5.12. The van der Waals surface area contributed by atoms with Gasteiger partial charge in [-0.2, -0.15) is 0 Å². The molecule has 2 heterocycles. The number of halogens is 1. The van der Waals surface area contributed by atoms with E-state index in [2.05, 4.69) is 9.97 Å². The third kappa shape index (κ3) is 2.02. The highest BCUT2D eigenvalue weighted by Crippen LogP contribution is 2.23. The predicted molar refractivity (Wildman–Crippen MR) is 75.7 cm³/mol. The molecule has 2 aromatic heterocycles. The molecule has 3 nitrogen and oxygen atoms in total. The molecule has 1 aromatic carbocycles. The molecule has 0 aliphatic carbocycles. The number of aryl methyl sites for hydroxylation is 1. The fourth-order valence-electron chi connectivity index (χ4n) is 2.18. The second-order valence-corrected chi connectivity index (χ2v) is 4.85. The van der Waals surface area contributed by atoms with Gasteiger partial charge in [-0.15, -0.1) is 0 Å². The average molecular weight is 271 g/mol. The first kappa shape index (κ1) is 11.9. The molecule has 3 aromatic rings. The molecule has 0 bridgehead atoms. The summed E-state index contributed by atoms with van der Waals surface area (Å²) in [4.78, 5) is 19.7. The maximum absolute atomic E-state index is 12.6. The van der Waals surface area contributed by atoms with Gasteiger partial charge in [0.25, 0.3) is 0 Å². The van der Waals surface area contributed by atoms with Crippen LogP contribution in [0.1, 0.15) is 21.5 Å². The first-order valence-electron chi connectivity index (χ1n) is 5.89. The van der Waals surface area contributed by atoms with Crippen LogP contribution in [-0.4, -0.2) is 15.8 Å². The molecule has 0 saturated heterocycles. The van der Waals surface area contributed by atoms with Gasteiger partial charge < -0.3 is 4.98 Å². The average Bonchev–Trinajstić information content (AvgIpc) is 2.82. The van der Waals surface area contributed by atoms with Crippen molar-refractivity contribution in [3.63, 3.8) is 0 Å². The Balaban J connectivity index is 2.13. The van der Waals surface area contributed by atoms with E-state index < -0.39 is 0 Å². The number of aromatic nitrogens is 2. The summed E-state index contributed by atoms with van der Waals surface area (Å²) in [6, 6.07) is 7.13. The summed E-state index contributed by atoms with van der Waals surface area (Å²) >= 11 is 5.91. The number of rotatable bonds is 2. The monoisotopic (exact) mass is 270 g/mol. The zero-order valence-electron chi connectivity index (χ0n) is 10.3. The smallest absolute Gasteiger partial charge is 0.195 e. The van der Waals surface area contributed by atoms with Crippen LogP contribution in [0.4, 0.5) is 0 Å². The van der Waals surface area contributed by atoms with E-state index in [-0.39, 0.29) is 5.78 Å². The van der Waals surface area contributed by atoms with Crippen molar-refractivity contribution < 1.29 is 4.79 Å². The van der Waals surface area contributed by atoms with E-state index >= 15 is 0 Å². The first-order chi connectivity index (χ1) is 9.16. The van der Waals surface area contributed by atoms with Crippen LogP contribution in [0.2, 0.25) is 5.02 Å². The summed E-state index contributed by atoms with van der Waals surface area (Å²) in [5, 5.41) is 1.47. The summed E-state index contributed by atoms with van der Waals surface area (Å²) in [6.45, 7) is 1.88. The van der Waals surface area contributed by atoms with Crippen molar-refractivity contribution in [2.45, 2.75) is 6.92 Å². The quantitative estimate of drug-likeness (QED) is 0.721. The summed E-state index contributed by atoms with van der Waals surface area (Å²) in [5.41, 5.74) is 3.07. The van der Waals surface area contributed by atoms with Crippen LogP contribution in [0.15, 0.2) is 42.9 Å². The standard InChI is InChI=1S/C15H11ClN2O/c1-9-6-10(16)2-3-11(9)15(19)13-8-18-14-4-5-17-7-12(13)14/h2-8,18H,1H3. The lowest BCUT2D eigenvalue weighted by atomic mass is 9.99. The number of nitrogens with zero attached hydrogens (tertiary/aromatic N) is 1. The van der Waals surface area contributed by atoms with Gasteiger partial charge in [0, 0.05) is 45.6 Å². The van der Waals surface area contributed by atoms with Crippen LogP contribution in [0.3, 0.4) is 0 Å². The maximum atomic E-state index is 12.6. The Morgan fingerprint density at radius 3 is 2.89 bits per heavy atom. The van der Waals surface area contributed by atoms with Crippen molar-refractivity contribution in [3.05, 3.63) is 64.6 Å². The molecule has 3 rings (SSSR count). The van der Waals surface area contributed by atoms with Gasteiger partial charge in [0.05, 0.1) is 0 Å². The number of hydrogen-bond acceptors (Lipinski definition) is 2. The second-order valence-electron chi connectivity index (χ2n) is 4.41. The fraction of sp³-hybridized carbons (Fsp3) is 0.0667. The minimum atomic E-state index is -0.0200. The molecule has 1 N–H and O–H groups in total. The number of hydrogen-bond donors (Lipinski definition) is 1. The Kier molecular flexibility index (Phi) is 2.84. The maximum Gasteiger partial charge on any atom is 0.195 e. The van der Waals surface area contributed by atoms with Crippen LogP contribution in [-0.2, 0) is 0 Å². The van der Waals surface area contributed by atoms with E-state index in [1.54, 1.807) is 36.8 Å². The molecule has 0 radical (unpaired) electrons. The zero-order chi connectivity index (χ0) is 13.4. The molecule has 0 unspecified atom stereocenters. The molecule has 0 saturated carbocycles. The second kappa shape index (κ2) is 4.52. The number of carbonyl (C=O) groups is 1. The lowest BCUT2D eigenvalue weighted by Gasteiger charge is -2.04. The number of nitrogens with one attached hydrogen (secondary N) is 1. The van der Waals surface area contributed by atoms with Gasteiger partial charge in [0.15, 0.2) is 5.78 Å². The minimum Gasteiger partial charge on any atom is -0.360 e. The van der Waals surface area contributed by atoms with E-state index in [9.17, 15) is 4.79 Å². The molecular formula is C15H11ClN2O. The largest absolute Gasteiger partial charge is 0.360 e. The van der Waals surface area contributed by atoms with Crippen LogP contribution < -0.4 is 0 Å². The van der Waals surface area contributed by atoms with E-state index in [1.807, 2.05) is 13.0 Å². The fourth-order valence-corrected chi connectivity index (χ4v) is 2.40. The van der Waals surface area contributed by atoms with Gasteiger partial charge in [-0.1, -0.05) is 11.6 Å². The van der Waals surface area contributed by atoms with Gasteiger partial charge >= 0.3 is 0 Å². The van der Waals surface area contributed by atoms with Crippen LogP contribution in [0.5, 0.6) is 0 Å². The number of H-pyrrole nitrogens is 1. The molecule has 0 aliphatic heterocycles. The van der Waals surface area contributed by atoms with Crippen molar-refractivity contribution in [1.82, 2.24) is 9.97 Å². The van der Waals surface area contributed by atoms with E-state index in [0.717, 1.165) is 16.5 Å². The molecule has 0 spiro atoms.